The Morgan fingerprint density at radius 3 is 2.90 bits per heavy atom. The summed E-state index contributed by atoms with van der Waals surface area (Å²) in [5, 5.41) is 3.31. The molecule has 0 aromatic carbocycles. The van der Waals surface area contributed by atoms with Gasteiger partial charge in [-0.3, -0.25) is 4.79 Å². The Balaban J connectivity index is 1.66. The van der Waals surface area contributed by atoms with E-state index in [2.05, 4.69) is 15.3 Å². The van der Waals surface area contributed by atoms with Crippen molar-refractivity contribution in [2.24, 2.45) is 0 Å². The number of likely N-dealkylation sites (N-methyl/N-ethyl adjacent to an activating group) is 1. The number of anilines is 1. The van der Waals surface area contributed by atoms with E-state index in [1.807, 2.05) is 24.1 Å². The summed E-state index contributed by atoms with van der Waals surface area (Å²) in [6.07, 6.45) is 7.46. The lowest BCUT2D eigenvalue weighted by molar-refractivity contribution is -0.127. The molecule has 0 radical (unpaired) electrons. The minimum absolute atomic E-state index is 0.140. The average Bonchev–Trinajstić information content (AvgIpc) is 3.09. The summed E-state index contributed by atoms with van der Waals surface area (Å²) >= 11 is 0. The third kappa shape index (κ3) is 2.76. The van der Waals surface area contributed by atoms with Crippen molar-refractivity contribution >= 4 is 11.9 Å². The van der Waals surface area contributed by atoms with Gasteiger partial charge in [0, 0.05) is 37.3 Å². The van der Waals surface area contributed by atoms with Crippen molar-refractivity contribution in [2.75, 3.05) is 18.4 Å². The van der Waals surface area contributed by atoms with E-state index in [9.17, 15) is 4.79 Å². The molecule has 2 aliphatic rings. The highest BCUT2D eigenvalue weighted by molar-refractivity contribution is 5.79. The normalized spacial score (nSPS) is 23.6. The van der Waals surface area contributed by atoms with Gasteiger partial charge in [-0.25, -0.2) is 9.97 Å². The number of likely N-dealkylation sites (tertiary alicyclic amines) is 1. The highest BCUT2D eigenvalue weighted by atomic mass is 16.2. The van der Waals surface area contributed by atoms with Crippen LogP contribution in [0.15, 0.2) is 12.3 Å². The van der Waals surface area contributed by atoms with Crippen LogP contribution in [0.4, 0.5) is 5.95 Å². The van der Waals surface area contributed by atoms with Gasteiger partial charge >= 0.3 is 0 Å². The average molecular weight is 274 g/mol. The molecule has 1 N–H and O–H groups in total. The lowest BCUT2D eigenvalue weighted by atomic mass is 10.0. The van der Waals surface area contributed by atoms with Gasteiger partial charge in [0.15, 0.2) is 0 Å². The van der Waals surface area contributed by atoms with E-state index >= 15 is 0 Å². The van der Waals surface area contributed by atoms with Crippen LogP contribution in [0, 0.1) is 0 Å². The van der Waals surface area contributed by atoms with Crippen LogP contribution in [-0.2, 0) is 4.79 Å². The fourth-order valence-electron chi connectivity index (χ4n) is 3.25. The van der Waals surface area contributed by atoms with Gasteiger partial charge < -0.3 is 10.2 Å². The Labute approximate surface area is 119 Å². The Morgan fingerprint density at radius 2 is 2.20 bits per heavy atom. The number of amides is 1. The third-order valence-electron chi connectivity index (χ3n) is 4.38. The minimum atomic E-state index is 0.140. The number of nitrogens with zero attached hydrogens (tertiary/aromatic N) is 3. The van der Waals surface area contributed by atoms with Gasteiger partial charge in [0.2, 0.25) is 11.9 Å². The molecule has 1 atom stereocenters. The zero-order chi connectivity index (χ0) is 13.9. The summed E-state index contributed by atoms with van der Waals surface area (Å²) in [7, 11) is 0. The van der Waals surface area contributed by atoms with E-state index in [1.54, 1.807) is 0 Å². The molecule has 5 heteroatoms. The summed E-state index contributed by atoms with van der Waals surface area (Å²) in [5.41, 5.74) is 1.15. The second kappa shape index (κ2) is 5.77. The molecule has 1 aliphatic heterocycles. The van der Waals surface area contributed by atoms with Crippen LogP contribution in [0.5, 0.6) is 0 Å². The van der Waals surface area contributed by atoms with Crippen molar-refractivity contribution in [3.05, 3.63) is 18.0 Å². The van der Waals surface area contributed by atoms with Crippen molar-refractivity contribution in [1.29, 1.82) is 0 Å². The van der Waals surface area contributed by atoms with Crippen LogP contribution in [0.25, 0.3) is 0 Å². The van der Waals surface area contributed by atoms with Crippen molar-refractivity contribution in [3.63, 3.8) is 0 Å². The fourth-order valence-corrected chi connectivity index (χ4v) is 3.25. The van der Waals surface area contributed by atoms with Crippen LogP contribution in [0.3, 0.4) is 0 Å². The van der Waals surface area contributed by atoms with Gasteiger partial charge in [-0.2, -0.15) is 0 Å². The molecule has 108 valence electrons. The first kappa shape index (κ1) is 13.3. The molecule has 3 rings (SSSR count). The van der Waals surface area contributed by atoms with E-state index in [0.717, 1.165) is 18.8 Å². The molecule has 0 bridgehead atoms. The molecule has 20 heavy (non-hydrogen) atoms. The number of rotatable bonds is 4. The maximum atomic E-state index is 11.7. The number of nitrogens with one attached hydrogen (secondary N) is 1. The molecule has 5 nitrogen and oxygen atoms in total. The van der Waals surface area contributed by atoms with Crippen LogP contribution in [0.1, 0.15) is 50.6 Å². The van der Waals surface area contributed by atoms with Crippen LogP contribution in [0.2, 0.25) is 0 Å². The maximum Gasteiger partial charge on any atom is 0.224 e. The zero-order valence-electron chi connectivity index (χ0n) is 12.0. The number of carbonyl (C=O) groups excluding carboxylic acids is 1. The molecule has 1 aromatic heterocycles. The monoisotopic (exact) mass is 274 g/mol. The molecular formula is C15H22N4O. The van der Waals surface area contributed by atoms with Gasteiger partial charge in [-0.15, -0.1) is 0 Å². The SMILES string of the molecule is CCN1C[C@H](Nc2nccc(C3CCCC3)n2)CC1=O. The van der Waals surface area contributed by atoms with E-state index in [1.165, 1.54) is 25.7 Å². The maximum absolute atomic E-state index is 11.7. The van der Waals surface area contributed by atoms with Crippen LogP contribution < -0.4 is 5.32 Å². The summed E-state index contributed by atoms with van der Waals surface area (Å²) in [4.78, 5) is 22.5. The van der Waals surface area contributed by atoms with Gasteiger partial charge in [0.05, 0.1) is 6.04 Å². The number of hydrogen-bond donors (Lipinski definition) is 1. The molecule has 2 heterocycles. The van der Waals surface area contributed by atoms with Crippen LogP contribution >= 0.6 is 0 Å². The second-order valence-corrected chi connectivity index (χ2v) is 5.76. The lowest BCUT2D eigenvalue weighted by Gasteiger charge is -2.15. The molecule has 1 aromatic rings. The molecule has 1 amide bonds. The highest BCUT2D eigenvalue weighted by Crippen LogP contribution is 2.33. The second-order valence-electron chi connectivity index (χ2n) is 5.76. The smallest absolute Gasteiger partial charge is 0.224 e. The summed E-state index contributed by atoms with van der Waals surface area (Å²) in [5.74, 6) is 1.48. The van der Waals surface area contributed by atoms with Gasteiger partial charge in [0.25, 0.3) is 0 Å². The molecule has 1 saturated heterocycles. The Hall–Kier alpha value is -1.65. The first-order chi connectivity index (χ1) is 9.76. The lowest BCUT2D eigenvalue weighted by Crippen LogP contribution is -2.28. The van der Waals surface area contributed by atoms with Gasteiger partial charge in [-0.05, 0) is 25.8 Å². The molecule has 1 aliphatic carbocycles. The van der Waals surface area contributed by atoms with Crippen molar-refractivity contribution in [2.45, 2.75) is 51.0 Å². The number of hydrogen-bond acceptors (Lipinski definition) is 4. The Kier molecular flexibility index (Phi) is 3.85. The van der Waals surface area contributed by atoms with E-state index in [4.69, 9.17) is 0 Å². The van der Waals surface area contributed by atoms with E-state index in [0.29, 0.717) is 18.3 Å². The predicted molar refractivity (Wildman–Crippen MR) is 77.5 cm³/mol. The summed E-state index contributed by atoms with van der Waals surface area (Å²) in [6.45, 7) is 3.55. The first-order valence-electron chi connectivity index (χ1n) is 7.63. The molecule has 1 saturated carbocycles. The zero-order valence-corrected chi connectivity index (χ0v) is 12.0. The Morgan fingerprint density at radius 1 is 1.40 bits per heavy atom. The molecule has 0 unspecified atom stereocenters. The van der Waals surface area contributed by atoms with E-state index < -0.39 is 0 Å². The topological polar surface area (TPSA) is 58.1 Å². The standard InChI is InChI=1S/C15H22N4O/c1-2-19-10-12(9-14(19)20)17-15-16-8-7-13(18-15)11-5-3-4-6-11/h7-8,11-12H,2-6,9-10H2,1H3,(H,16,17,18)/t12-/m1/s1. The summed E-state index contributed by atoms with van der Waals surface area (Å²) < 4.78 is 0. The molecule has 0 spiro atoms. The van der Waals surface area contributed by atoms with Crippen molar-refractivity contribution in [1.82, 2.24) is 14.9 Å². The highest BCUT2D eigenvalue weighted by Gasteiger charge is 2.29. The quantitative estimate of drug-likeness (QED) is 0.914. The third-order valence-corrected chi connectivity index (χ3v) is 4.38. The minimum Gasteiger partial charge on any atom is -0.349 e. The molecular weight excluding hydrogens is 252 g/mol. The Bertz CT molecular complexity index is 485. The van der Waals surface area contributed by atoms with Crippen molar-refractivity contribution in [3.8, 4) is 0 Å². The van der Waals surface area contributed by atoms with Crippen molar-refractivity contribution < 1.29 is 4.79 Å². The number of carbonyl (C=O) groups is 1. The predicted octanol–water partition coefficient (Wildman–Crippen LogP) is 2.17. The largest absolute Gasteiger partial charge is 0.349 e. The fraction of sp³-hybridized carbons (Fsp3) is 0.667. The molecule has 2 fully saturated rings. The van der Waals surface area contributed by atoms with Gasteiger partial charge in [-0.1, -0.05) is 12.8 Å². The summed E-state index contributed by atoms with van der Waals surface area (Å²) in [6, 6.07) is 2.17. The van der Waals surface area contributed by atoms with Gasteiger partial charge in [0.1, 0.15) is 0 Å². The number of aromatic nitrogens is 2. The van der Waals surface area contributed by atoms with Crippen LogP contribution in [-0.4, -0.2) is 39.9 Å². The first-order valence-corrected chi connectivity index (χ1v) is 7.63. The van der Waals surface area contributed by atoms with E-state index in [-0.39, 0.29) is 11.9 Å².